The largest absolute Gasteiger partial charge is 0.390 e. The lowest BCUT2D eigenvalue weighted by atomic mass is 9.68. The lowest BCUT2D eigenvalue weighted by Gasteiger charge is -2.33. The zero-order valence-corrected chi connectivity index (χ0v) is 8.47. The molecule has 0 bridgehead atoms. The summed E-state index contributed by atoms with van der Waals surface area (Å²) >= 11 is 0. The van der Waals surface area contributed by atoms with Gasteiger partial charge in [-0.1, -0.05) is 13.8 Å². The van der Waals surface area contributed by atoms with Crippen LogP contribution in [0.25, 0.3) is 0 Å². The first-order valence-electron chi connectivity index (χ1n) is 5.38. The van der Waals surface area contributed by atoms with E-state index in [1.54, 1.807) is 0 Å². The van der Waals surface area contributed by atoms with E-state index in [0.717, 1.165) is 25.7 Å². The third-order valence-electron chi connectivity index (χ3n) is 4.40. The molecule has 0 aromatic carbocycles. The number of rotatable bonds is 0. The van der Waals surface area contributed by atoms with Gasteiger partial charge >= 0.3 is 0 Å². The molecular formula is C11H18O2. The van der Waals surface area contributed by atoms with Gasteiger partial charge in [0, 0.05) is 0 Å². The molecule has 0 aromatic heterocycles. The second-order valence-corrected chi connectivity index (χ2v) is 5.88. The molecule has 3 aliphatic rings. The summed E-state index contributed by atoms with van der Waals surface area (Å²) in [6.07, 6.45) is 5.28. The van der Waals surface area contributed by atoms with Crippen LogP contribution in [0, 0.1) is 5.41 Å². The van der Waals surface area contributed by atoms with Crippen molar-refractivity contribution in [2.45, 2.75) is 63.3 Å². The molecule has 2 saturated carbocycles. The van der Waals surface area contributed by atoms with E-state index in [-0.39, 0.29) is 17.3 Å². The minimum Gasteiger partial charge on any atom is -0.390 e. The zero-order chi connectivity index (χ0) is 9.32. The summed E-state index contributed by atoms with van der Waals surface area (Å²) in [4.78, 5) is 0. The van der Waals surface area contributed by atoms with Crippen LogP contribution in [0.15, 0.2) is 0 Å². The number of hydrogen-bond donors (Lipinski definition) is 1. The molecule has 0 spiro atoms. The van der Waals surface area contributed by atoms with Crippen LogP contribution in [0.5, 0.6) is 0 Å². The Morgan fingerprint density at radius 2 is 2.00 bits per heavy atom. The Hall–Kier alpha value is -0.0800. The minimum atomic E-state index is -0.177. The molecule has 74 valence electrons. The molecule has 2 aliphatic carbocycles. The van der Waals surface area contributed by atoms with Crippen LogP contribution in [-0.4, -0.2) is 22.4 Å². The predicted molar refractivity (Wildman–Crippen MR) is 49.4 cm³/mol. The van der Waals surface area contributed by atoms with Crippen molar-refractivity contribution in [3.8, 4) is 0 Å². The Morgan fingerprint density at radius 3 is 2.77 bits per heavy atom. The number of epoxide rings is 1. The van der Waals surface area contributed by atoms with Gasteiger partial charge in [-0.3, -0.25) is 0 Å². The molecule has 0 aromatic rings. The lowest BCUT2D eigenvalue weighted by Crippen LogP contribution is -2.38. The molecule has 0 amide bonds. The quantitative estimate of drug-likeness (QED) is 0.580. The first kappa shape index (κ1) is 8.25. The van der Waals surface area contributed by atoms with Crippen LogP contribution in [-0.2, 0) is 4.74 Å². The Morgan fingerprint density at radius 1 is 1.23 bits per heavy atom. The summed E-state index contributed by atoms with van der Waals surface area (Å²) in [7, 11) is 0. The monoisotopic (exact) mass is 182 g/mol. The van der Waals surface area contributed by atoms with Gasteiger partial charge in [0.05, 0.1) is 6.10 Å². The molecule has 2 nitrogen and oxygen atoms in total. The van der Waals surface area contributed by atoms with Crippen LogP contribution < -0.4 is 0 Å². The Labute approximate surface area is 79.3 Å². The normalized spacial score (nSPS) is 57.0. The van der Waals surface area contributed by atoms with Crippen LogP contribution in [0.2, 0.25) is 0 Å². The Kier molecular flexibility index (Phi) is 1.24. The van der Waals surface area contributed by atoms with E-state index >= 15 is 0 Å². The van der Waals surface area contributed by atoms with Gasteiger partial charge in [0.1, 0.15) is 11.2 Å². The van der Waals surface area contributed by atoms with Crippen molar-refractivity contribution >= 4 is 0 Å². The van der Waals surface area contributed by atoms with Crippen molar-refractivity contribution in [2.24, 2.45) is 5.41 Å². The average molecular weight is 182 g/mol. The smallest absolute Gasteiger partial charge is 0.124 e. The summed E-state index contributed by atoms with van der Waals surface area (Å²) in [5.41, 5.74) is 0.417. The van der Waals surface area contributed by atoms with Gasteiger partial charge in [-0.05, 0) is 37.5 Å². The number of hydrogen-bond acceptors (Lipinski definition) is 2. The van der Waals surface area contributed by atoms with Crippen molar-refractivity contribution in [1.82, 2.24) is 0 Å². The number of aliphatic hydroxyl groups is 1. The Bertz CT molecular complexity index is 261. The summed E-state index contributed by atoms with van der Waals surface area (Å²) in [5.74, 6) is 0. The standard InChI is InChI=1S/C11H18O2/c1-9(2)5-6-11-8(12)3-4-10(11,7-9)13-11/h8,12H,3-7H2,1-2H3. The highest BCUT2D eigenvalue weighted by molar-refractivity contribution is 5.27. The lowest BCUT2D eigenvalue weighted by molar-refractivity contribution is 0.0577. The summed E-state index contributed by atoms with van der Waals surface area (Å²) in [6, 6.07) is 0. The van der Waals surface area contributed by atoms with Gasteiger partial charge in [0.2, 0.25) is 0 Å². The highest BCUT2D eigenvalue weighted by atomic mass is 16.6. The first-order chi connectivity index (χ1) is 6.00. The zero-order valence-electron chi connectivity index (χ0n) is 8.47. The van der Waals surface area contributed by atoms with E-state index in [1.807, 2.05) is 0 Å². The maximum absolute atomic E-state index is 9.87. The number of aliphatic hydroxyl groups excluding tert-OH is 1. The fourth-order valence-corrected chi connectivity index (χ4v) is 3.67. The van der Waals surface area contributed by atoms with E-state index in [1.165, 1.54) is 6.42 Å². The van der Waals surface area contributed by atoms with Crippen LogP contribution in [0.1, 0.15) is 46.0 Å². The average Bonchev–Trinajstić information content (AvgIpc) is 2.61. The predicted octanol–water partition coefficient (Wildman–Crippen LogP) is 1.86. The maximum atomic E-state index is 9.87. The van der Waals surface area contributed by atoms with Gasteiger partial charge in [-0.15, -0.1) is 0 Å². The fourth-order valence-electron chi connectivity index (χ4n) is 3.67. The Balaban J connectivity index is 1.92. The molecule has 1 N–H and O–H groups in total. The molecule has 3 atom stereocenters. The van der Waals surface area contributed by atoms with Crippen molar-refractivity contribution in [2.75, 3.05) is 0 Å². The van der Waals surface area contributed by atoms with E-state index in [9.17, 15) is 5.11 Å². The number of ether oxygens (including phenoxy) is 1. The van der Waals surface area contributed by atoms with Crippen molar-refractivity contribution in [3.05, 3.63) is 0 Å². The third kappa shape index (κ3) is 0.816. The van der Waals surface area contributed by atoms with E-state index in [4.69, 9.17) is 4.74 Å². The van der Waals surface area contributed by atoms with Crippen LogP contribution >= 0.6 is 0 Å². The second kappa shape index (κ2) is 1.96. The van der Waals surface area contributed by atoms with Crippen molar-refractivity contribution in [3.63, 3.8) is 0 Å². The molecular weight excluding hydrogens is 164 g/mol. The molecule has 3 rings (SSSR count). The third-order valence-corrected chi connectivity index (χ3v) is 4.40. The molecule has 13 heavy (non-hydrogen) atoms. The van der Waals surface area contributed by atoms with Crippen molar-refractivity contribution in [1.29, 1.82) is 0 Å². The SMILES string of the molecule is CC1(C)CCC23OC2(CCC3O)C1. The molecule has 1 aliphatic heterocycles. The highest BCUT2D eigenvalue weighted by Gasteiger charge is 2.78. The van der Waals surface area contributed by atoms with Gasteiger partial charge in [-0.2, -0.15) is 0 Å². The minimum absolute atomic E-state index is 0.0914. The molecule has 1 saturated heterocycles. The highest BCUT2D eigenvalue weighted by Crippen LogP contribution is 2.69. The van der Waals surface area contributed by atoms with Crippen LogP contribution in [0.3, 0.4) is 0 Å². The van der Waals surface area contributed by atoms with Gasteiger partial charge in [-0.25, -0.2) is 0 Å². The first-order valence-corrected chi connectivity index (χ1v) is 5.38. The van der Waals surface area contributed by atoms with E-state index in [2.05, 4.69) is 13.8 Å². The summed E-state index contributed by atoms with van der Waals surface area (Å²) in [5, 5.41) is 9.87. The summed E-state index contributed by atoms with van der Waals surface area (Å²) in [6.45, 7) is 4.64. The molecule has 3 fully saturated rings. The van der Waals surface area contributed by atoms with Gasteiger partial charge in [0.15, 0.2) is 0 Å². The maximum Gasteiger partial charge on any atom is 0.124 e. The molecule has 0 radical (unpaired) electrons. The topological polar surface area (TPSA) is 32.8 Å². The van der Waals surface area contributed by atoms with Crippen LogP contribution in [0.4, 0.5) is 0 Å². The van der Waals surface area contributed by atoms with E-state index in [0.29, 0.717) is 5.41 Å². The molecule has 2 heteroatoms. The second-order valence-electron chi connectivity index (χ2n) is 5.88. The fraction of sp³-hybridized carbons (Fsp3) is 1.00. The summed E-state index contributed by atoms with van der Waals surface area (Å²) < 4.78 is 5.89. The van der Waals surface area contributed by atoms with Crippen molar-refractivity contribution < 1.29 is 9.84 Å². The van der Waals surface area contributed by atoms with Gasteiger partial charge in [0.25, 0.3) is 0 Å². The molecule has 3 unspecified atom stereocenters. The van der Waals surface area contributed by atoms with Gasteiger partial charge < -0.3 is 9.84 Å². The van der Waals surface area contributed by atoms with E-state index < -0.39 is 0 Å². The molecule has 1 heterocycles.